The molecular weight excluding hydrogens is 347 g/mol. The molecule has 1 aliphatic rings. The normalized spacial score (nSPS) is 15.8. The van der Waals surface area contributed by atoms with Crippen molar-refractivity contribution in [1.29, 1.82) is 0 Å². The molecule has 136 valence electrons. The molecule has 1 aromatic rings. The number of hydrogen-bond acceptors (Lipinski definition) is 4. The Morgan fingerprint density at radius 1 is 1.33 bits per heavy atom. The first-order valence-electron chi connectivity index (χ1n) is 8.39. The van der Waals surface area contributed by atoms with E-state index in [2.05, 4.69) is 11.8 Å². The third-order valence-electron chi connectivity index (χ3n) is 4.62. The third-order valence-corrected chi connectivity index (χ3v) is 4.95. The summed E-state index contributed by atoms with van der Waals surface area (Å²) in [5, 5.41) is 0.400. The van der Waals surface area contributed by atoms with Crippen LogP contribution in [0.5, 0.6) is 5.75 Å². The molecule has 2 N–H and O–H groups in total. The van der Waals surface area contributed by atoms with E-state index in [9.17, 15) is 4.79 Å². The Balaban J connectivity index is 0.00000288. The Bertz CT molecular complexity index is 544. The monoisotopic (exact) mass is 374 g/mol. The van der Waals surface area contributed by atoms with Gasteiger partial charge in [0.05, 0.1) is 23.4 Å². The lowest BCUT2D eigenvalue weighted by Crippen LogP contribution is -2.33. The number of benzene rings is 1. The van der Waals surface area contributed by atoms with Crippen molar-refractivity contribution in [2.75, 3.05) is 32.5 Å². The minimum Gasteiger partial charge on any atom is -0.496 e. The van der Waals surface area contributed by atoms with Gasteiger partial charge in [0.2, 0.25) is 0 Å². The molecule has 6 heteroatoms. The van der Waals surface area contributed by atoms with Gasteiger partial charge in [-0.15, -0.1) is 12.4 Å². The standard InChI is InChI=1S/C18H27ClN2O2.ClH/c1-13-6-9-21(10-7-13)8-4-3-5-17(22)14-11-15(19)16(20)12-18(14)23-2;/h11-13H,3-10,20H2,1-2H3;1H. The highest BCUT2D eigenvalue weighted by Gasteiger charge is 2.17. The Morgan fingerprint density at radius 3 is 2.62 bits per heavy atom. The van der Waals surface area contributed by atoms with E-state index in [-0.39, 0.29) is 18.2 Å². The number of piperidine rings is 1. The highest BCUT2D eigenvalue weighted by Crippen LogP contribution is 2.30. The molecule has 1 aliphatic heterocycles. The van der Waals surface area contributed by atoms with Crippen LogP contribution in [-0.2, 0) is 0 Å². The summed E-state index contributed by atoms with van der Waals surface area (Å²) >= 11 is 6.02. The van der Waals surface area contributed by atoms with Crippen molar-refractivity contribution in [1.82, 2.24) is 4.90 Å². The summed E-state index contributed by atoms with van der Waals surface area (Å²) in [6, 6.07) is 3.23. The van der Waals surface area contributed by atoms with Crippen LogP contribution in [-0.4, -0.2) is 37.4 Å². The van der Waals surface area contributed by atoms with Gasteiger partial charge in [0.15, 0.2) is 5.78 Å². The SMILES string of the molecule is COc1cc(N)c(Cl)cc1C(=O)CCCCN1CCC(C)CC1.Cl. The number of unbranched alkanes of at least 4 members (excludes halogenated alkanes) is 1. The number of nitrogens with two attached hydrogens (primary N) is 1. The molecule has 0 spiro atoms. The van der Waals surface area contributed by atoms with Crippen molar-refractivity contribution in [3.63, 3.8) is 0 Å². The van der Waals surface area contributed by atoms with E-state index >= 15 is 0 Å². The number of nitrogens with zero attached hydrogens (tertiary/aromatic N) is 1. The van der Waals surface area contributed by atoms with Crippen molar-refractivity contribution in [3.8, 4) is 5.75 Å². The van der Waals surface area contributed by atoms with Crippen molar-refractivity contribution >= 4 is 35.5 Å². The van der Waals surface area contributed by atoms with Crippen molar-refractivity contribution < 1.29 is 9.53 Å². The molecule has 0 aliphatic carbocycles. The number of likely N-dealkylation sites (tertiary alicyclic amines) is 1. The van der Waals surface area contributed by atoms with Crippen LogP contribution in [0.1, 0.15) is 49.4 Å². The van der Waals surface area contributed by atoms with Gasteiger partial charge in [0, 0.05) is 12.5 Å². The average Bonchev–Trinajstić information content (AvgIpc) is 2.55. The molecular formula is C18H28Cl2N2O2. The summed E-state index contributed by atoms with van der Waals surface area (Å²) in [4.78, 5) is 14.9. The molecule has 0 radical (unpaired) electrons. The summed E-state index contributed by atoms with van der Waals surface area (Å²) in [5.41, 5.74) is 6.71. The lowest BCUT2D eigenvalue weighted by atomic mass is 9.99. The highest BCUT2D eigenvalue weighted by molar-refractivity contribution is 6.33. The van der Waals surface area contributed by atoms with Gasteiger partial charge < -0.3 is 15.4 Å². The molecule has 1 fully saturated rings. The van der Waals surface area contributed by atoms with E-state index in [1.54, 1.807) is 12.1 Å². The van der Waals surface area contributed by atoms with Crippen LogP contribution in [0.2, 0.25) is 5.02 Å². The second-order valence-corrected chi connectivity index (χ2v) is 6.89. The minimum atomic E-state index is 0. The number of carbonyl (C=O) groups excluding carboxylic acids is 1. The van der Waals surface area contributed by atoms with Gasteiger partial charge in [-0.05, 0) is 57.3 Å². The molecule has 2 rings (SSSR count). The molecule has 1 heterocycles. The van der Waals surface area contributed by atoms with Gasteiger partial charge in [-0.3, -0.25) is 4.79 Å². The highest BCUT2D eigenvalue weighted by atomic mass is 35.5. The van der Waals surface area contributed by atoms with Gasteiger partial charge in [0.1, 0.15) is 5.75 Å². The fourth-order valence-electron chi connectivity index (χ4n) is 3.00. The summed E-state index contributed by atoms with van der Waals surface area (Å²) in [7, 11) is 1.54. The fourth-order valence-corrected chi connectivity index (χ4v) is 3.16. The number of rotatable bonds is 7. The maximum Gasteiger partial charge on any atom is 0.166 e. The lowest BCUT2D eigenvalue weighted by Gasteiger charge is -2.30. The number of Topliss-reactive ketones (excluding diaryl/α,β-unsaturated/α-hetero) is 1. The van der Waals surface area contributed by atoms with Crippen LogP contribution in [0.4, 0.5) is 5.69 Å². The van der Waals surface area contributed by atoms with E-state index < -0.39 is 0 Å². The first kappa shape index (κ1) is 21.1. The van der Waals surface area contributed by atoms with Crippen LogP contribution in [0, 0.1) is 5.92 Å². The molecule has 24 heavy (non-hydrogen) atoms. The Labute approximate surface area is 156 Å². The molecule has 0 saturated carbocycles. The van der Waals surface area contributed by atoms with Crippen LogP contribution < -0.4 is 10.5 Å². The van der Waals surface area contributed by atoms with Crippen LogP contribution in [0.25, 0.3) is 0 Å². The van der Waals surface area contributed by atoms with E-state index in [1.165, 1.54) is 33.0 Å². The molecule has 1 saturated heterocycles. The zero-order valence-electron chi connectivity index (χ0n) is 14.5. The van der Waals surface area contributed by atoms with Gasteiger partial charge in [-0.1, -0.05) is 18.5 Å². The predicted molar refractivity (Wildman–Crippen MR) is 103 cm³/mol. The Hall–Kier alpha value is -0.970. The Kier molecular flexibility index (Phi) is 8.88. The molecule has 4 nitrogen and oxygen atoms in total. The van der Waals surface area contributed by atoms with E-state index in [4.69, 9.17) is 22.1 Å². The maximum absolute atomic E-state index is 12.4. The number of carbonyl (C=O) groups is 1. The zero-order chi connectivity index (χ0) is 16.8. The minimum absolute atomic E-state index is 0. The number of methoxy groups -OCH3 is 1. The van der Waals surface area contributed by atoms with E-state index in [0.717, 1.165) is 25.3 Å². The number of anilines is 1. The Morgan fingerprint density at radius 2 is 2.00 bits per heavy atom. The zero-order valence-corrected chi connectivity index (χ0v) is 16.1. The summed E-state index contributed by atoms with van der Waals surface area (Å²) < 4.78 is 5.25. The topological polar surface area (TPSA) is 55.6 Å². The second kappa shape index (κ2) is 10.1. The summed E-state index contributed by atoms with van der Waals surface area (Å²) in [6.45, 7) is 5.79. The predicted octanol–water partition coefficient (Wildman–Crippen LogP) is 4.44. The van der Waals surface area contributed by atoms with E-state index in [0.29, 0.717) is 28.4 Å². The molecule has 1 aromatic carbocycles. The van der Waals surface area contributed by atoms with Crippen LogP contribution in [0.3, 0.4) is 0 Å². The smallest absolute Gasteiger partial charge is 0.166 e. The second-order valence-electron chi connectivity index (χ2n) is 6.48. The van der Waals surface area contributed by atoms with Crippen LogP contribution in [0.15, 0.2) is 12.1 Å². The van der Waals surface area contributed by atoms with Gasteiger partial charge in [0.25, 0.3) is 0 Å². The first-order chi connectivity index (χ1) is 11.0. The van der Waals surface area contributed by atoms with Crippen molar-refractivity contribution in [2.45, 2.75) is 39.0 Å². The lowest BCUT2D eigenvalue weighted by molar-refractivity contribution is 0.0974. The van der Waals surface area contributed by atoms with Crippen LogP contribution >= 0.6 is 24.0 Å². The number of hydrogen-bond donors (Lipinski definition) is 1. The number of ketones is 1. The van der Waals surface area contributed by atoms with Gasteiger partial charge in [-0.2, -0.15) is 0 Å². The first-order valence-corrected chi connectivity index (χ1v) is 8.77. The van der Waals surface area contributed by atoms with E-state index in [1.807, 2.05) is 0 Å². The number of ether oxygens (including phenoxy) is 1. The summed E-state index contributed by atoms with van der Waals surface area (Å²) in [6.07, 6.45) is 5.03. The molecule has 0 unspecified atom stereocenters. The molecule has 0 amide bonds. The quantitative estimate of drug-likeness (QED) is 0.435. The summed E-state index contributed by atoms with van der Waals surface area (Å²) in [5.74, 6) is 1.42. The molecule has 0 aromatic heterocycles. The number of halogens is 2. The third kappa shape index (κ3) is 5.83. The van der Waals surface area contributed by atoms with Crippen molar-refractivity contribution in [2.24, 2.45) is 5.92 Å². The van der Waals surface area contributed by atoms with Gasteiger partial charge >= 0.3 is 0 Å². The molecule has 0 bridgehead atoms. The van der Waals surface area contributed by atoms with Gasteiger partial charge in [-0.25, -0.2) is 0 Å². The average molecular weight is 375 g/mol. The van der Waals surface area contributed by atoms with Crippen molar-refractivity contribution in [3.05, 3.63) is 22.7 Å². The molecule has 0 atom stereocenters. The largest absolute Gasteiger partial charge is 0.496 e. The maximum atomic E-state index is 12.4. The number of nitrogen functional groups attached to an aromatic ring is 1. The fraction of sp³-hybridized carbons (Fsp3) is 0.611.